The van der Waals surface area contributed by atoms with Gasteiger partial charge in [-0.05, 0) is 6.42 Å². The lowest BCUT2D eigenvalue weighted by Crippen LogP contribution is -2.12. The van der Waals surface area contributed by atoms with E-state index in [1.54, 1.807) is 0 Å². The largest absolute Gasteiger partial charge is 0.303 e. The summed E-state index contributed by atoms with van der Waals surface area (Å²) in [5, 5.41) is 0. The highest BCUT2D eigenvalue weighted by Crippen LogP contribution is 2.32. The summed E-state index contributed by atoms with van der Waals surface area (Å²) in [6.45, 7) is 1.84. The number of hydrogen-bond acceptors (Lipinski definition) is 2. The lowest BCUT2D eigenvalue weighted by Gasteiger charge is -2.10. The third-order valence-electron chi connectivity index (χ3n) is 1.86. The van der Waals surface area contributed by atoms with E-state index in [1.165, 1.54) is 0 Å². The molecule has 1 rings (SSSR count). The molecule has 0 aromatic rings. The molecule has 0 N–H and O–H groups in total. The van der Waals surface area contributed by atoms with Crippen molar-refractivity contribution >= 4 is 12.1 Å². The molecule has 0 aromatic carbocycles. The maximum atomic E-state index is 10.7. The fourth-order valence-corrected chi connectivity index (χ4v) is 1.15. The molecule has 0 aliphatic heterocycles. The highest BCUT2D eigenvalue weighted by atomic mass is 16.1. The Balaban J connectivity index is 2.65. The third-order valence-corrected chi connectivity index (χ3v) is 1.86. The van der Waals surface area contributed by atoms with Crippen LogP contribution in [-0.4, -0.2) is 12.1 Å². The van der Waals surface area contributed by atoms with Crippen molar-refractivity contribution in [2.24, 2.45) is 5.41 Å². The van der Waals surface area contributed by atoms with E-state index in [1.807, 2.05) is 6.92 Å². The molecule has 0 amide bonds. The van der Waals surface area contributed by atoms with E-state index in [0.29, 0.717) is 12.8 Å². The van der Waals surface area contributed by atoms with Crippen molar-refractivity contribution in [3.63, 3.8) is 0 Å². The molecule has 1 saturated carbocycles. The van der Waals surface area contributed by atoms with Crippen LogP contribution in [0.5, 0.6) is 0 Å². The molecule has 1 fully saturated rings. The zero-order valence-electron chi connectivity index (χ0n) is 5.52. The van der Waals surface area contributed by atoms with Gasteiger partial charge in [0.1, 0.15) is 12.1 Å². The van der Waals surface area contributed by atoms with Crippen LogP contribution in [0.4, 0.5) is 0 Å². The predicted octanol–water partition coefficient (Wildman–Crippen LogP) is 0.945. The van der Waals surface area contributed by atoms with E-state index in [0.717, 1.165) is 12.7 Å². The van der Waals surface area contributed by atoms with Gasteiger partial charge in [0.25, 0.3) is 0 Å². The molecule has 0 saturated heterocycles. The first-order chi connectivity index (χ1) is 4.16. The lowest BCUT2D eigenvalue weighted by atomic mass is 9.91. The number of rotatable bonds is 1. The van der Waals surface area contributed by atoms with Crippen molar-refractivity contribution in [2.75, 3.05) is 0 Å². The minimum atomic E-state index is -0.322. The topological polar surface area (TPSA) is 34.1 Å². The Hall–Kier alpha value is -0.660. The molecule has 0 heterocycles. The Labute approximate surface area is 54.2 Å². The fraction of sp³-hybridized carbons (Fsp3) is 0.714. The maximum Gasteiger partial charge on any atom is 0.133 e. The van der Waals surface area contributed by atoms with E-state index in [2.05, 4.69) is 0 Å². The minimum absolute atomic E-state index is 0.226. The van der Waals surface area contributed by atoms with Gasteiger partial charge in [0.2, 0.25) is 0 Å². The van der Waals surface area contributed by atoms with E-state index >= 15 is 0 Å². The molecule has 50 valence electrons. The molecular weight excluding hydrogens is 116 g/mol. The summed E-state index contributed by atoms with van der Waals surface area (Å²) >= 11 is 0. The number of hydrogen-bond donors (Lipinski definition) is 0. The molecule has 2 nitrogen and oxygen atoms in total. The minimum Gasteiger partial charge on any atom is -0.303 e. The Morgan fingerprint density at radius 1 is 1.67 bits per heavy atom. The number of ketones is 1. The number of Topliss-reactive ketones (excluding diaryl/α,β-unsaturated/α-hetero) is 1. The van der Waals surface area contributed by atoms with Gasteiger partial charge in [-0.3, -0.25) is 4.79 Å². The Kier molecular flexibility index (Phi) is 1.39. The van der Waals surface area contributed by atoms with Crippen LogP contribution in [0.15, 0.2) is 0 Å². The number of carbonyl (C=O) groups is 2. The summed E-state index contributed by atoms with van der Waals surface area (Å²) in [5.74, 6) is 0.226. The summed E-state index contributed by atoms with van der Waals surface area (Å²) in [5.41, 5.74) is -0.322. The van der Waals surface area contributed by atoms with Gasteiger partial charge >= 0.3 is 0 Å². The van der Waals surface area contributed by atoms with Crippen molar-refractivity contribution in [2.45, 2.75) is 26.2 Å². The summed E-state index contributed by atoms with van der Waals surface area (Å²) in [6, 6.07) is 0. The van der Waals surface area contributed by atoms with Crippen molar-refractivity contribution in [3.8, 4) is 0 Å². The highest BCUT2D eigenvalue weighted by molar-refractivity contribution is 5.86. The molecule has 0 radical (unpaired) electrons. The zero-order chi connectivity index (χ0) is 6.91. The van der Waals surface area contributed by atoms with Crippen LogP contribution >= 0.6 is 0 Å². The summed E-state index contributed by atoms with van der Waals surface area (Å²) in [6.07, 6.45) is 2.69. The van der Waals surface area contributed by atoms with Crippen molar-refractivity contribution < 1.29 is 9.59 Å². The van der Waals surface area contributed by atoms with Gasteiger partial charge in [0, 0.05) is 18.3 Å². The van der Waals surface area contributed by atoms with Crippen LogP contribution < -0.4 is 0 Å². The average Bonchev–Trinajstić information content (AvgIpc) is 2.13. The van der Waals surface area contributed by atoms with Crippen molar-refractivity contribution in [3.05, 3.63) is 0 Å². The summed E-state index contributed by atoms with van der Waals surface area (Å²) in [7, 11) is 0. The highest BCUT2D eigenvalue weighted by Gasteiger charge is 2.33. The molecule has 1 aliphatic rings. The SMILES string of the molecule is C[C@@]1(C=O)CCC(=O)C1. The van der Waals surface area contributed by atoms with Crippen molar-refractivity contribution in [1.82, 2.24) is 0 Å². The van der Waals surface area contributed by atoms with Crippen molar-refractivity contribution in [1.29, 1.82) is 0 Å². The maximum absolute atomic E-state index is 10.7. The van der Waals surface area contributed by atoms with Gasteiger partial charge in [0.15, 0.2) is 0 Å². The van der Waals surface area contributed by atoms with Gasteiger partial charge in [-0.1, -0.05) is 6.92 Å². The smallest absolute Gasteiger partial charge is 0.133 e. The second-order valence-corrected chi connectivity index (χ2v) is 2.99. The molecule has 0 bridgehead atoms. The molecule has 0 spiro atoms. The first kappa shape index (κ1) is 6.46. The molecule has 9 heavy (non-hydrogen) atoms. The Morgan fingerprint density at radius 3 is 2.56 bits per heavy atom. The van der Waals surface area contributed by atoms with Crippen LogP contribution in [0.1, 0.15) is 26.2 Å². The van der Waals surface area contributed by atoms with Crippen LogP contribution in [0.25, 0.3) is 0 Å². The van der Waals surface area contributed by atoms with Gasteiger partial charge in [-0.15, -0.1) is 0 Å². The third kappa shape index (κ3) is 1.18. The van der Waals surface area contributed by atoms with E-state index in [4.69, 9.17) is 0 Å². The van der Waals surface area contributed by atoms with Crippen LogP contribution in [0.3, 0.4) is 0 Å². The Morgan fingerprint density at radius 2 is 2.33 bits per heavy atom. The normalized spacial score (nSPS) is 35.0. The number of carbonyl (C=O) groups excluding carboxylic acids is 2. The quantitative estimate of drug-likeness (QED) is 0.490. The van der Waals surface area contributed by atoms with E-state index in [-0.39, 0.29) is 11.2 Å². The van der Waals surface area contributed by atoms with E-state index < -0.39 is 0 Å². The second kappa shape index (κ2) is 1.94. The standard InChI is InChI=1S/C7H10O2/c1-7(5-8)3-2-6(9)4-7/h5H,2-4H2,1H3/t7-/m1/s1. The molecule has 1 atom stereocenters. The molecule has 1 aliphatic carbocycles. The summed E-state index contributed by atoms with van der Waals surface area (Å²) < 4.78 is 0. The van der Waals surface area contributed by atoms with Crippen LogP contribution in [-0.2, 0) is 9.59 Å². The molecular formula is C7H10O2. The van der Waals surface area contributed by atoms with Gasteiger partial charge < -0.3 is 4.79 Å². The first-order valence-electron chi connectivity index (χ1n) is 3.14. The summed E-state index contributed by atoms with van der Waals surface area (Å²) in [4.78, 5) is 21.0. The molecule has 0 unspecified atom stereocenters. The van der Waals surface area contributed by atoms with Crippen LogP contribution in [0.2, 0.25) is 0 Å². The molecule has 2 heteroatoms. The predicted molar refractivity (Wildman–Crippen MR) is 33.0 cm³/mol. The Bertz CT molecular complexity index is 151. The zero-order valence-corrected chi connectivity index (χ0v) is 5.52. The lowest BCUT2D eigenvalue weighted by molar-refractivity contribution is -0.121. The van der Waals surface area contributed by atoms with E-state index in [9.17, 15) is 9.59 Å². The second-order valence-electron chi connectivity index (χ2n) is 2.99. The van der Waals surface area contributed by atoms with Crippen LogP contribution in [0, 0.1) is 5.41 Å². The van der Waals surface area contributed by atoms with Gasteiger partial charge in [0.05, 0.1) is 0 Å². The number of aldehydes is 1. The average molecular weight is 126 g/mol. The monoisotopic (exact) mass is 126 g/mol. The van der Waals surface area contributed by atoms with Gasteiger partial charge in [-0.2, -0.15) is 0 Å². The fourth-order valence-electron chi connectivity index (χ4n) is 1.15. The first-order valence-corrected chi connectivity index (χ1v) is 3.14. The molecule has 0 aromatic heterocycles. The van der Waals surface area contributed by atoms with Gasteiger partial charge in [-0.25, -0.2) is 0 Å².